The fourth-order valence-electron chi connectivity index (χ4n) is 8.61. The summed E-state index contributed by atoms with van der Waals surface area (Å²) in [7, 11) is 0. The highest BCUT2D eigenvalue weighted by Gasteiger charge is 2.50. The van der Waals surface area contributed by atoms with Gasteiger partial charge in [-0.2, -0.15) is 0 Å². The molecule has 0 atom stereocenters. The lowest BCUT2D eigenvalue weighted by Crippen LogP contribution is -2.48. The van der Waals surface area contributed by atoms with E-state index < -0.39 is 0 Å². The molecule has 0 radical (unpaired) electrons. The molecule has 2 aromatic carbocycles. The van der Waals surface area contributed by atoms with Crippen molar-refractivity contribution in [1.29, 1.82) is 0 Å². The molecule has 7 rings (SSSR count). The summed E-state index contributed by atoms with van der Waals surface area (Å²) in [5.41, 5.74) is 8.84. The van der Waals surface area contributed by atoms with Crippen LogP contribution in [0, 0.1) is 17.8 Å². The average molecular weight is 575 g/mol. The highest BCUT2D eigenvalue weighted by Crippen LogP contribution is 2.56. The number of carbonyl (C=O) groups excluding carboxylic acids is 2. The SMILES string of the molecule is Cc1ccc(Cn2cc(C3C4=C(CC(C)(C)CC4=O)N(C4CCCCC4)C4=C3C(=O)CC(C)(C)C4)c3ccccc32)cc1. The Balaban J connectivity index is 1.47. The summed E-state index contributed by atoms with van der Waals surface area (Å²) >= 11 is 0. The van der Waals surface area contributed by atoms with E-state index in [4.69, 9.17) is 0 Å². The number of ketones is 2. The monoisotopic (exact) mass is 574 g/mol. The van der Waals surface area contributed by atoms with Crippen LogP contribution in [0.5, 0.6) is 0 Å². The van der Waals surface area contributed by atoms with Crippen molar-refractivity contribution in [3.05, 3.63) is 94.0 Å². The van der Waals surface area contributed by atoms with Gasteiger partial charge in [-0.15, -0.1) is 0 Å². The van der Waals surface area contributed by atoms with E-state index in [1.54, 1.807) is 0 Å². The highest BCUT2D eigenvalue weighted by molar-refractivity contribution is 6.08. The predicted molar refractivity (Wildman–Crippen MR) is 174 cm³/mol. The largest absolute Gasteiger partial charge is 0.345 e. The number of fused-ring (bicyclic) bond motifs is 1. The van der Waals surface area contributed by atoms with E-state index in [9.17, 15) is 9.59 Å². The number of benzene rings is 2. The minimum absolute atomic E-state index is 0.0981. The van der Waals surface area contributed by atoms with E-state index in [0.29, 0.717) is 18.9 Å². The molecule has 0 bridgehead atoms. The fraction of sp³-hybridized carbons (Fsp3) is 0.487. The molecule has 2 heterocycles. The van der Waals surface area contributed by atoms with Gasteiger partial charge in [0.15, 0.2) is 11.6 Å². The third-order valence-electron chi connectivity index (χ3n) is 10.5. The lowest BCUT2D eigenvalue weighted by molar-refractivity contribution is -0.119. The zero-order valence-corrected chi connectivity index (χ0v) is 26.6. The number of aryl methyl sites for hydroxylation is 1. The molecular formula is C39H46N2O2. The number of para-hydroxylation sites is 1. The van der Waals surface area contributed by atoms with Gasteiger partial charge in [0.25, 0.3) is 0 Å². The van der Waals surface area contributed by atoms with Gasteiger partial charge in [-0.05, 0) is 60.6 Å². The molecule has 0 unspecified atom stereocenters. The molecule has 3 aliphatic carbocycles. The van der Waals surface area contributed by atoms with Gasteiger partial charge in [0.2, 0.25) is 0 Å². The Morgan fingerprint density at radius 1 is 0.744 bits per heavy atom. The molecule has 1 aromatic heterocycles. The van der Waals surface area contributed by atoms with Crippen molar-refractivity contribution in [2.24, 2.45) is 10.8 Å². The lowest BCUT2D eigenvalue weighted by atomic mass is 9.63. The zero-order valence-electron chi connectivity index (χ0n) is 26.6. The number of nitrogens with zero attached hydrogens (tertiary/aromatic N) is 2. The van der Waals surface area contributed by atoms with Gasteiger partial charge in [-0.3, -0.25) is 9.59 Å². The van der Waals surface area contributed by atoms with Crippen LogP contribution in [0.2, 0.25) is 0 Å². The van der Waals surface area contributed by atoms with Crippen molar-refractivity contribution < 1.29 is 9.59 Å². The third-order valence-corrected chi connectivity index (χ3v) is 10.5. The van der Waals surface area contributed by atoms with Crippen molar-refractivity contribution in [3.63, 3.8) is 0 Å². The molecular weight excluding hydrogens is 528 g/mol. The quantitative estimate of drug-likeness (QED) is 0.312. The summed E-state index contributed by atoms with van der Waals surface area (Å²) in [5.74, 6) is 0.162. The minimum atomic E-state index is -0.304. The topological polar surface area (TPSA) is 42.3 Å². The van der Waals surface area contributed by atoms with Crippen molar-refractivity contribution in [3.8, 4) is 0 Å². The summed E-state index contributed by atoms with van der Waals surface area (Å²) in [6.07, 6.45) is 11.1. The van der Waals surface area contributed by atoms with Gasteiger partial charge in [0.1, 0.15) is 0 Å². The molecule has 3 aromatic rings. The van der Waals surface area contributed by atoms with Crippen LogP contribution in [0.1, 0.15) is 108 Å². The number of hydrogen-bond donors (Lipinski definition) is 0. The van der Waals surface area contributed by atoms with Gasteiger partial charge in [0, 0.05) is 71.0 Å². The maximum Gasteiger partial charge on any atom is 0.162 e. The summed E-state index contributed by atoms with van der Waals surface area (Å²) in [5, 5.41) is 1.15. The lowest BCUT2D eigenvalue weighted by Gasteiger charge is -2.52. The van der Waals surface area contributed by atoms with Crippen molar-refractivity contribution in [1.82, 2.24) is 9.47 Å². The van der Waals surface area contributed by atoms with Gasteiger partial charge >= 0.3 is 0 Å². The molecule has 0 N–H and O–H groups in total. The Morgan fingerprint density at radius 3 is 1.93 bits per heavy atom. The summed E-state index contributed by atoms with van der Waals surface area (Å²) < 4.78 is 2.33. The summed E-state index contributed by atoms with van der Waals surface area (Å²) in [6.45, 7) is 11.9. The number of hydrogen-bond acceptors (Lipinski definition) is 3. The second kappa shape index (κ2) is 10.4. The second-order valence-electron chi connectivity index (χ2n) is 15.4. The Kier molecular flexibility index (Phi) is 6.83. The summed E-state index contributed by atoms with van der Waals surface area (Å²) in [6, 6.07) is 17.7. The van der Waals surface area contributed by atoms with Gasteiger partial charge in [-0.25, -0.2) is 0 Å². The highest BCUT2D eigenvalue weighted by atomic mass is 16.1. The van der Waals surface area contributed by atoms with Crippen LogP contribution in [0.25, 0.3) is 10.9 Å². The Labute approximate surface area is 256 Å². The summed E-state index contributed by atoms with van der Waals surface area (Å²) in [4.78, 5) is 31.4. The Morgan fingerprint density at radius 2 is 1.33 bits per heavy atom. The van der Waals surface area contributed by atoms with Crippen LogP contribution in [-0.4, -0.2) is 27.1 Å². The molecule has 4 heteroatoms. The van der Waals surface area contributed by atoms with Crippen LogP contribution in [0.3, 0.4) is 0 Å². The van der Waals surface area contributed by atoms with Crippen molar-refractivity contribution in [2.75, 3.05) is 0 Å². The smallest absolute Gasteiger partial charge is 0.162 e. The van der Waals surface area contributed by atoms with Crippen LogP contribution >= 0.6 is 0 Å². The maximum absolute atomic E-state index is 14.4. The number of carbonyl (C=O) groups is 2. The van der Waals surface area contributed by atoms with Gasteiger partial charge in [0.05, 0.1) is 0 Å². The Hall–Kier alpha value is -3.40. The molecule has 1 fully saturated rings. The molecule has 0 spiro atoms. The van der Waals surface area contributed by atoms with E-state index >= 15 is 0 Å². The first-order valence-corrected chi connectivity index (χ1v) is 16.5. The number of Topliss-reactive ketones (excluding diaryl/α,β-unsaturated/α-hetero) is 2. The molecule has 43 heavy (non-hydrogen) atoms. The van der Waals surface area contributed by atoms with E-state index in [1.165, 1.54) is 41.8 Å². The first kappa shape index (κ1) is 28.4. The Bertz CT molecular complexity index is 1620. The molecule has 4 aliphatic rings. The van der Waals surface area contributed by atoms with Crippen LogP contribution in [-0.2, 0) is 16.1 Å². The van der Waals surface area contributed by atoms with Crippen LogP contribution < -0.4 is 0 Å². The molecule has 0 amide bonds. The number of allylic oxidation sites excluding steroid dienone is 4. The average Bonchev–Trinajstić information content (AvgIpc) is 3.30. The maximum atomic E-state index is 14.4. The van der Waals surface area contributed by atoms with E-state index in [2.05, 4.69) is 98.8 Å². The third kappa shape index (κ3) is 5.01. The van der Waals surface area contributed by atoms with E-state index in [-0.39, 0.29) is 28.3 Å². The second-order valence-corrected chi connectivity index (χ2v) is 15.4. The molecule has 1 aliphatic heterocycles. The minimum Gasteiger partial charge on any atom is -0.345 e. The molecule has 0 saturated heterocycles. The zero-order chi connectivity index (χ0) is 30.1. The van der Waals surface area contributed by atoms with Gasteiger partial charge < -0.3 is 9.47 Å². The number of rotatable bonds is 4. The first-order chi connectivity index (χ1) is 20.5. The molecule has 4 nitrogen and oxygen atoms in total. The first-order valence-electron chi connectivity index (χ1n) is 16.5. The van der Waals surface area contributed by atoms with Crippen molar-refractivity contribution in [2.45, 2.75) is 111 Å². The van der Waals surface area contributed by atoms with Crippen LogP contribution in [0.4, 0.5) is 0 Å². The normalized spacial score (nSPS) is 22.8. The van der Waals surface area contributed by atoms with Gasteiger partial charge in [-0.1, -0.05) is 95.0 Å². The molecule has 1 saturated carbocycles. The molecule has 224 valence electrons. The van der Waals surface area contributed by atoms with E-state index in [0.717, 1.165) is 59.8 Å². The van der Waals surface area contributed by atoms with Crippen LogP contribution in [0.15, 0.2) is 77.3 Å². The fourth-order valence-corrected chi connectivity index (χ4v) is 8.61. The number of aromatic nitrogens is 1. The van der Waals surface area contributed by atoms with Crippen molar-refractivity contribution >= 4 is 22.5 Å². The van der Waals surface area contributed by atoms with E-state index in [1.807, 2.05) is 0 Å². The predicted octanol–water partition coefficient (Wildman–Crippen LogP) is 9.02. The standard InChI is InChI=1S/C39H46N2O2/c1-25-15-17-26(18-16-25)23-40-24-29(28-13-9-10-14-30(28)40)35-36-31(19-38(2,3)21-33(36)42)41(27-11-7-6-8-12-27)32-20-39(4,5)22-34(43)37(32)35/h9-10,13-18,24,27,35H,6-8,11-12,19-23H2,1-5H3.